The smallest absolute Gasteiger partial charge is 0.254 e. The molecule has 2 aliphatic rings. The summed E-state index contributed by atoms with van der Waals surface area (Å²) in [7, 11) is 0. The van der Waals surface area contributed by atoms with Crippen LogP contribution in [0, 0.1) is 5.92 Å². The van der Waals surface area contributed by atoms with Crippen molar-refractivity contribution < 1.29 is 14.3 Å². The van der Waals surface area contributed by atoms with Gasteiger partial charge in [-0.25, -0.2) is 0 Å². The first kappa shape index (κ1) is 17.0. The predicted molar refractivity (Wildman–Crippen MR) is 95.9 cm³/mol. The van der Waals surface area contributed by atoms with Gasteiger partial charge in [0.25, 0.3) is 5.91 Å². The highest BCUT2D eigenvalue weighted by atomic mass is 16.5. The second kappa shape index (κ2) is 7.41. The Hall–Kier alpha value is -2.47. The molecule has 4 rings (SSSR count). The molecule has 1 saturated heterocycles. The number of aromatic nitrogens is 2. The van der Waals surface area contributed by atoms with Gasteiger partial charge in [0.15, 0.2) is 0 Å². The van der Waals surface area contributed by atoms with Gasteiger partial charge in [0, 0.05) is 36.6 Å². The van der Waals surface area contributed by atoms with Crippen LogP contribution in [0.2, 0.25) is 0 Å². The SMILES string of the molecule is O=C(c1ccncc1)N1CCO[C@]2(CCC[C@@H]2COc2cccnc2)C1. The number of carbonyl (C=O) groups is 1. The van der Waals surface area contributed by atoms with E-state index in [2.05, 4.69) is 9.97 Å². The topological polar surface area (TPSA) is 64.6 Å². The first-order valence-corrected chi connectivity index (χ1v) is 9.13. The lowest BCUT2D eigenvalue weighted by Gasteiger charge is -2.44. The summed E-state index contributed by atoms with van der Waals surface area (Å²) in [6.45, 7) is 2.40. The highest BCUT2D eigenvalue weighted by molar-refractivity contribution is 5.94. The van der Waals surface area contributed by atoms with Gasteiger partial charge < -0.3 is 14.4 Å². The van der Waals surface area contributed by atoms with Crippen LogP contribution in [0.5, 0.6) is 5.75 Å². The van der Waals surface area contributed by atoms with E-state index in [1.807, 2.05) is 17.0 Å². The van der Waals surface area contributed by atoms with E-state index < -0.39 is 0 Å². The third-order valence-electron chi connectivity index (χ3n) is 5.41. The third kappa shape index (κ3) is 3.42. The summed E-state index contributed by atoms with van der Waals surface area (Å²) in [5, 5.41) is 0. The van der Waals surface area contributed by atoms with E-state index in [9.17, 15) is 4.79 Å². The number of nitrogens with zero attached hydrogens (tertiary/aromatic N) is 3. The minimum Gasteiger partial charge on any atom is -0.492 e. The van der Waals surface area contributed by atoms with E-state index >= 15 is 0 Å². The number of ether oxygens (including phenoxy) is 2. The van der Waals surface area contributed by atoms with Crippen LogP contribution >= 0.6 is 0 Å². The van der Waals surface area contributed by atoms with Crippen molar-refractivity contribution in [1.29, 1.82) is 0 Å². The van der Waals surface area contributed by atoms with Crippen LogP contribution in [0.4, 0.5) is 0 Å². The standard InChI is InChI=1S/C20H23N3O3/c24-19(16-5-9-21-10-6-16)23-11-12-26-20(15-23)7-1-3-17(20)14-25-18-4-2-8-22-13-18/h2,4-6,8-10,13,17H,1,3,7,11-12,14-15H2/t17-,20-/m1/s1. The second-order valence-electron chi connectivity index (χ2n) is 6.96. The molecule has 6 nitrogen and oxygen atoms in total. The molecule has 1 aliphatic heterocycles. The number of morpholine rings is 1. The molecule has 3 heterocycles. The van der Waals surface area contributed by atoms with Gasteiger partial charge in [-0.05, 0) is 43.5 Å². The maximum Gasteiger partial charge on any atom is 0.254 e. The zero-order valence-corrected chi connectivity index (χ0v) is 14.7. The monoisotopic (exact) mass is 353 g/mol. The lowest BCUT2D eigenvalue weighted by atomic mass is 9.89. The molecule has 0 bridgehead atoms. The first-order chi connectivity index (χ1) is 12.8. The van der Waals surface area contributed by atoms with Crippen molar-refractivity contribution in [3.8, 4) is 5.75 Å². The van der Waals surface area contributed by atoms with Crippen molar-refractivity contribution in [3.63, 3.8) is 0 Å². The number of hydrogen-bond donors (Lipinski definition) is 0. The Morgan fingerprint density at radius 1 is 1.27 bits per heavy atom. The van der Waals surface area contributed by atoms with Gasteiger partial charge in [-0.2, -0.15) is 0 Å². The second-order valence-corrected chi connectivity index (χ2v) is 6.96. The number of hydrogen-bond acceptors (Lipinski definition) is 5. The van der Waals surface area contributed by atoms with Crippen molar-refractivity contribution in [2.75, 3.05) is 26.3 Å². The largest absolute Gasteiger partial charge is 0.492 e. The predicted octanol–water partition coefficient (Wildman–Crippen LogP) is 2.57. The lowest BCUT2D eigenvalue weighted by molar-refractivity contribution is -0.126. The average Bonchev–Trinajstić information content (AvgIpc) is 3.08. The summed E-state index contributed by atoms with van der Waals surface area (Å²) in [6.07, 6.45) is 9.89. The molecule has 2 atom stereocenters. The fourth-order valence-corrected chi connectivity index (χ4v) is 4.03. The number of carbonyl (C=O) groups excluding carboxylic acids is 1. The van der Waals surface area contributed by atoms with Crippen LogP contribution < -0.4 is 4.74 Å². The Balaban J connectivity index is 1.45. The Kier molecular flexibility index (Phi) is 4.84. The highest BCUT2D eigenvalue weighted by Crippen LogP contribution is 2.41. The van der Waals surface area contributed by atoms with Gasteiger partial charge >= 0.3 is 0 Å². The van der Waals surface area contributed by atoms with Crippen molar-refractivity contribution in [3.05, 3.63) is 54.6 Å². The molecule has 136 valence electrons. The van der Waals surface area contributed by atoms with Crippen LogP contribution in [0.1, 0.15) is 29.6 Å². The van der Waals surface area contributed by atoms with Crippen LogP contribution in [0.25, 0.3) is 0 Å². The summed E-state index contributed by atoms with van der Waals surface area (Å²) < 4.78 is 12.2. The van der Waals surface area contributed by atoms with Crippen LogP contribution in [-0.4, -0.2) is 52.7 Å². The van der Waals surface area contributed by atoms with Crippen molar-refractivity contribution in [2.24, 2.45) is 5.92 Å². The minimum absolute atomic E-state index is 0.0499. The maximum atomic E-state index is 12.8. The van der Waals surface area contributed by atoms with E-state index in [0.717, 1.165) is 25.0 Å². The zero-order valence-electron chi connectivity index (χ0n) is 14.7. The van der Waals surface area contributed by atoms with Crippen LogP contribution in [0.15, 0.2) is 49.1 Å². The molecule has 6 heteroatoms. The average molecular weight is 353 g/mol. The highest BCUT2D eigenvalue weighted by Gasteiger charge is 2.48. The first-order valence-electron chi connectivity index (χ1n) is 9.13. The van der Waals surface area contributed by atoms with Gasteiger partial charge in [-0.1, -0.05) is 0 Å². The molecule has 26 heavy (non-hydrogen) atoms. The molecule has 0 radical (unpaired) electrons. The molecular formula is C20H23N3O3. The maximum absolute atomic E-state index is 12.8. The fourth-order valence-electron chi connectivity index (χ4n) is 4.03. The summed E-state index contributed by atoms with van der Waals surface area (Å²) in [6, 6.07) is 7.31. The van der Waals surface area contributed by atoms with Gasteiger partial charge in [0.05, 0.1) is 31.6 Å². The summed E-state index contributed by atoms with van der Waals surface area (Å²) in [4.78, 5) is 22.8. The molecule has 0 unspecified atom stereocenters. The minimum atomic E-state index is -0.302. The van der Waals surface area contributed by atoms with Gasteiger partial charge in [-0.3, -0.25) is 14.8 Å². The van der Waals surface area contributed by atoms with E-state index in [1.54, 1.807) is 36.9 Å². The summed E-state index contributed by atoms with van der Waals surface area (Å²) in [5.74, 6) is 1.10. The summed E-state index contributed by atoms with van der Waals surface area (Å²) in [5.41, 5.74) is 0.376. The number of rotatable bonds is 4. The van der Waals surface area contributed by atoms with Gasteiger partial charge in [-0.15, -0.1) is 0 Å². The molecule has 1 amide bonds. The van der Waals surface area contributed by atoms with Crippen LogP contribution in [-0.2, 0) is 4.74 Å². The van der Waals surface area contributed by atoms with Crippen LogP contribution in [0.3, 0.4) is 0 Å². The molecule has 1 aliphatic carbocycles. The molecule has 2 aromatic rings. The quantitative estimate of drug-likeness (QED) is 0.845. The van der Waals surface area contributed by atoms with Crippen molar-refractivity contribution in [2.45, 2.75) is 24.9 Å². The molecular weight excluding hydrogens is 330 g/mol. The van der Waals surface area contributed by atoms with Crippen molar-refractivity contribution in [1.82, 2.24) is 14.9 Å². The third-order valence-corrected chi connectivity index (χ3v) is 5.41. The molecule has 2 fully saturated rings. The van der Waals surface area contributed by atoms with E-state index in [1.165, 1.54) is 0 Å². The number of amides is 1. The van der Waals surface area contributed by atoms with Gasteiger partial charge in [0.2, 0.25) is 0 Å². The molecule has 1 saturated carbocycles. The van der Waals surface area contributed by atoms with E-state index in [0.29, 0.717) is 31.9 Å². The Labute approximate surface area is 153 Å². The van der Waals surface area contributed by atoms with E-state index in [-0.39, 0.29) is 17.4 Å². The Morgan fingerprint density at radius 2 is 2.15 bits per heavy atom. The molecule has 0 aromatic carbocycles. The van der Waals surface area contributed by atoms with Crippen molar-refractivity contribution >= 4 is 5.91 Å². The molecule has 1 spiro atoms. The lowest BCUT2D eigenvalue weighted by Crippen LogP contribution is -2.56. The van der Waals surface area contributed by atoms with E-state index in [4.69, 9.17) is 9.47 Å². The Bertz CT molecular complexity index is 740. The molecule has 2 aromatic heterocycles. The summed E-state index contributed by atoms with van der Waals surface area (Å²) >= 11 is 0. The fraction of sp³-hybridized carbons (Fsp3) is 0.450. The Morgan fingerprint density at radius 3 is 2.96 bits per heavy atom. The number of pyridine rings is 2. The normalized spacial score (nSPS) is 25.4. The zero-order chi connectivity index (χ0) is 17.8. The molecule has 0 N–H and O–H groups in total. The van der Waals surface area contributed by atoms with Gasteiger partial charge in [0.1, 0.15) is 5.75 Å².